The molecule has 18 heavy (non-hydrogen) atoms. The van der Waals surface area contributed by atoms with E-state index in [1.54, 1.807) is 0 Å². The molecule has 0 N–H and O–H groups in total. The van der Waals surface area contributed by atoms with Gasteiger partial charge in [0.2, 0.25) is 0 Å². The number of thioether (sulfide) groups is 1. The number of hydrogen-bond donors (Lipinski definition) is 0. The fourth-order valence-corrected chi connectivity index (χ4v) is 3.22. The maximum absolute atomic E-state index is 11.1. The summed E-state index contributed by atoms with van der Waals surface area (Å²) < 4.78 is 0.271. The molecule has 2 heterocycles. The highest BCUT2D eigenvalue weighted by atomic mass is 35.5. The van der Waals surface area contributed by atoms with Gasteiger partial charge in [-0.25, -0.2) is 9.97 Å². The molecule has 0 amide bonds. The maximum atomic E-state index is 11.1. The van der Waals surface area contributed by atoms with E-state index < -0.39 is 0 Å². The highest BCUT2D eigenvalue weighted by molar-refractivity contribution is 8.00. The highest BCUT2D eigenvalue weighted by Gasteiger charge is 2.25. The second-order valence-electron chi connectivity index (χ2n) is 4.86. The predicted molar refractivity (Wildman–Crippen MR) is 75.8 cm³/mol. The van der Waals surface area contributed by atoms with Crippen LogP contribution in [0.5, 0.6) is 0 Å². The summed E-state index contributed by atoms with van der Waals surface area (Å²) in [6.07, 6.45) is 3.20. The third-order valence-corrected chi connectivity index (χ3v) is 4.74. The zero-order valence-corrected chi connectivity index (χ0v) is 12.1. The fourth-order valence-electron chi connectivity index (χ4n) is 1.95. The Morgan fingerprint density at radius 2 is 2.22 bits per heavy atom. The first kappa shape index (κ1) is 13.6. The monoisotopic (exact) mass is 285 g/mol. The van der Waals surface area contributed by atoms with E-state index in [0.29, 0.717) is 11.4 Å². The van der Waals surface area contributed by atoms with Crippen LogP contribution in [0.15, 0.2) is 6.33 Å². The maximum Gasteiger partial charge on any atom is 0.156 e. The summed E-state index contributed by atoms with van der Waals surface area (Å²) in [7, 11) is 0. The molecule has 2 rings (SSSR count). The number of aldehydes is 1. The summed E-state index contributed by atoms with van der Waals surface area (Å²) in [5.41, 5.74) is 0.392. The molecule has 6 heteroatoms. The van der Waals surface area contributed by atoms with Crippen LogP contribution in [-0.4, -0.2) is 39.8 Å². The number of carbonyl (C=O) groups is 1. The Kier molecular flexibility index (Phi) is 4.12. The summed E-state index contributed by atoms with van der Waals surface area (Å²) in [5, 5.41) is 0.228. The molecular weight excluding hydrogens is 270 g/mol. The van der Waals surface area contributed by atoms with Gasteiger partial charge in [0.05, 0.1) is 5.56 Å². The first-order valence-corrected chi connectivity index (χ1v) is 7.24. The number of halogens is 1. The second kappa shape index (κ2) is 5.45. The van der Waals surface area contributed by atoms with Crippen molar-refractivity contribution in [1.29, 1.82) is 0 Å². The second-order valence-corrected chi connectivity index (χ2v) is 7.02. The lowest BCUT2D eigenvalue weighted by atomic mass is 10.1. The standard InChI is InChI=1S/C12H16ClN3OS/c1-12(2)3-4-16(5-6-18-12)11-9(7-17)10(13)14-8-15-11/h7-8H,3-6H2,1-2H3. The number of anilines is 1. The van der Waals surface area contributed by atoms with Gasteiger partial charge in [-0.3, -0.25) is 4.79 Å². The molecule has 0 saturated carbocycles. The lowest BCUT2D eigenvalue weighted by molar-refractivity contribution is 0.112. The molecular formula is C12H16ClN3OS. The van der Waals surface area contributed by atoms with Crippen LogP contribution in [0.3, 0.4) is 0 Å². The Labute approximate surface area is 116 Å². The summed E-state index contributed by atoms with van der Waals surface area (Å²) in [6, 6.07) is 0. The van der Waals surface area contributed by atoms with Crippen LogP contribution in [-0.2, 0) is 0 Å². The molecule has 1 saturated heterocycles. The van der Waals surface area contributed by atoms with E-state index in [9.17, 15) is 4.79 Å². The van der Waals surface area contributed by atoms with E-state index in [-0.39, 0.29) is 9.90 Å². The van der Waals surface area contributed by atoms with Gasteiger partial charge in [0.15, 0.2) is 6.29 Å². The first-order valence-electron chi connectivity index (χ1n) is 5.88. The van der Waals surface area contributed by atoms with Gasteiger partial charge in [-0.2, -0.15) is 11.8 Å². The Bertz CT molecular complexity index is 453. The zero-order valence-electron chi connectivity index (χ0n) is 10.5. The molecule has 0 radical (unpaired) electrons. The van der Waals surface area contributed by atoms with Crippen LogP contribution in [0.1, 0.15) is 30.6 Å². The lowest BCUT2D eigenvalue weighted by Gasteiger charge is -2.24. The lowest BCUT2D eigenvalue weighted by Crippen LogP contribution is -2.29. The molecule has 0 bridgehead atoms. The van der Waals surface area contributed by atoms with Crippen molar-refractivity contribution in [2.24, 2.45) is 0 Å². The summed E-state index contributed by atoms with van der Waals surface area (Å²) in [6.45, 7) is 6.25. The molecule has 0 unspecified atom stereocenters. The number of aromatic nitrogens is 2. The van der Waals surface area contributed by atoms with Crippen LogP contribution in [0.25, 0.3) is 0 Å². The Balaban J connectivity index is 2.26. The minimum atomic E-state index is 0.228. The molecule has 1 aromatic rings. The number of rotatable bonds is 2. The van der Waals surface area contributed by atoms with Crippen LogP contribution in [0, 0.1) is 0 Å². The van der Waals surface area contributed by atoms with E-state index in [1.165, 1.54) is 6.33 Å². The third-order valence-electron chi connectivity index (χ3n) is 3.07. The molecule has 4 nitrogen and oxygen atoms in total. The van der Waals surface area contributed by atoms with Gasteiger partial charge in [0, 0.05) is 23.6 Å². The Morgan fingerprint density at radius 3 is 2.94 bits per heavy atom. The Hall–Kier alpha value is -0.810. The summed E-state index contributed by atoms with van der Waals surface area (Å²) >= 11 is 7.88. The van der Waals surface area contributed by atoms with E-state index in [0.717, 1.165) is 31.5 Å². The van der Waals surface area contributed by atoms with Crippen molar-refractivity contribution in [3.8, 4) is 0 Å². The quantitative estimate of drug-likeness (QED) is 0.617. The number of carbonyl (C=O) groups excluding carboxylic acids is 1. The van der Waals surface area contributed by atoms with Gasteiger partial charge in [-0.05, 0) is 6.42 Å². The normalized spacial score (nSPS) is 19.4. The topological polar surface area (TPSA) is 46.1 Å². The van der Waals surface area contributed by atoms with Crippen molar-refractivity contribution in [2.45, 2.75) is 25.0 Å². The molecule has 0 spiro atoms. The van der Waals surface area contributed by atoms with Crippen molar-refractivity contribution < 1.29 is 4.79 Å². The van der Waals surface area contributed by atoms with E-state index in [1.807, 2.05) is 11.8 Å². The molecule has 1 aliphatic heterocycles. The fraction of sp³-hybridized carbons (Fsp3) is 0.583. The van der Waals surface area contributed by atoms with Crippen LogP contribution in [0.2, 0.25) is 5.15 Å². The highest BCUT2D eigenvalue weighted by Crippen LogP contribution is 2.32. The predicted octanol–water partition coefficient (Wildman–Crippen LogP) is 2.66. The minimum absolute atomic E-state index is 0.228. The first-order chi connectivity index (χ1) is 8.53. The van der Waals surface area contributed by atoms with Crippen molar-refractivity contribution >= 4 is 35.5 Å². The SMILES string of the molecule is CC1(C)CCN(c2ncnc(Cl)c2C=O)CCS1. The number of nitrogens with zero attached hydrogens (tertiary/aromatic N) is 3. The van der Waals surface area contributed by atoms with E-state index >= 15 is 0 Å². The van der Waals surface area contributed by atoms with Crippen molar-refractivity contribution in [3.05, 3.63) is 17.0 Å². The zero-order chi connectivity index (χ0) is 13.2. The number of hydrogen-bond acceptors (Lipinski definition) is 5. The van der Waals surface area contributed by atoms with Crippen LogP contribution in [0.4, 0.5) is 5.82 Å². The van der Waals surface area contributed by atoms with Gasteiger partial charge in [-0.15, -0.1) is 0 Å². The molecule has 0 atom stereocenters. The van der Waals surface area contributed by atoms with E-state index in [2.05, 4.69) is 28.7 Å². The third kappa shape index (κ3) is 2.95. The van der Waals surface area contributed by atoms with Crippen LogP contribution < -0.4 is 4.90 Å². The molecule has 1 aromatic heterocycles. The average Bonchev–Trinajstić information content (AvgIpc) is 2.50. The smallest absolute Gasteiger partial charge is 0.156 e. The molecule has 1 fully saturated rings. The van der Waals surface area contributed by atoms with Gasteiger partial charge in [0.25, 0.3) is 0 Å². The molecule has 0 aliphatic carbocycles. The Morgan fingerprint density at radius 1 is 1.44 bits per heavy atom. The average molecular weight is 286 g/mol. The van der Waals surface area contributed by atoms with Gasteiger partial charge < -0.3 is 4.90 Å². The van der Waals surface area contributed by atoms with Gasteiger partial charge in [-0.1, -0.05) is 25.4 Å². The van der Waals surface area contributed by atoms with Crippen LogP contribution >= 0.6 is 23.4 Å². The molecule has 98 valence electrons. The summed E-state index contributed by atoms with van der Waals surface area (Å²) in [5.74, 6) is 1.68. The van der Waals surface area contributed by atoms with E-state index in [4.69, 9.17) is 11.6 Å². The summed E-state index contributed by atoms with van der Waals surface area (Å²) in [4.78, 5) is 21.3. The molecule has 0 aromatic carbocycles. The van der Waals surface area contributed by atoms with Crippen molar-refractivity contribution in [1.82, 2.24) is 9.97 Å². The largest absolute Gasteiger partial charge is 0.355 e. The van der Waals surface area contributed by atoms with Crippen molar-refractivity contribution in [2.75, 3.05) is 23.7 Å². The van der Waals surface area contributed by atoms with Crippen molar-refractivity contribution in [3.63, 3.8) is 0 Å². The van der Waals surface area contributed by atoms with Gasteiger partial charge in [0.1, 0.15) is 17.3 Å². The van der Waals surface area contributed by atoms with Gasteiger partial charge >= 0.3 is 0 Å². The molecule has 1 aliphatic rings. The minimum Gasteiger partial charge on any atom is -0.355 e.